The fourth-order valence-corrected chi connectivity index (χ4v) is 2.25. The summed E-state index contributed by atoms with van der Waals surface area (Å²) in [4.78, 5) is 12.9. The number of hydrogen-bond donors (Lipinski definition) is 0. The number of aromatic nitrogens is 3. The third-order valence-electron chi connectivity index (χ3n) is 3.50. The van der Waals surface area contributed by atoms with Crippen molar-refractivity contribution < 1.29 is 4.74 Å². The van der Waals surface area contributed by atoms with Crippen molar-refractivity contribution in [3.8, 4) is 6.01 Å². The molecule has 0 saturated heterocycles. The van der Waals surface area contributed by atoms with Crippen molar-refractivity contribution >= 4 is 10.9 Å². The van der Waals surface area contributed by atoms with Crippen LogP contribution in [0.4, 0.5) is 0 Å². The first-order chi connectivity index (χ1) is 10.2. The molecule has 1 unspecified atom stereocenters. The minimum absolute atomic E-state index is 0.291. The first-order valence-corrected chi connectivity index (χ1v) is 7.00. The molecule has 1 aromatic carbocycles. The van der Waals surface area contributed by atoms with Crippen molar-refractivity contribution in [2.45, 2.75) is 19.8 Å². The summed E-state index contributed by atoms with van der Waals surface area (Å²) in [7, 11) is 0. The summed E-state index contributed by atoms with van der Waals surface area (Å²) in [5.41, 5.74) is 2.97. The van der Waals surface area contributed by atoms with Crippen molar-refractivity contribution in [1.29, 1.82) is 0 Å². The summed E-state index contributed by atoms with van der Waals surface area (Å²) < 4.78 is 5.76. The number of benzene rings is 1. The van der Waals surface area contributed by atoms with Crippen molar-refractivity contribution in [2.24, 2.45) is 0 Å². The Bertz CT molecular complexity index is 743. The van der Waals surface area contributed by atoms with Gasteiger partial charge in [0.05, 0.1) is 24.0 Å². The zero-order valence-electron chi connectivity index (χ0n) is 12.2. The smallest absolute Gasteiger partial charge is 0.317 e. The average molecular weight is 279 g/mol. The molecule has 0 spiro atoms. The van der Waals surface area contributed by atoms with E-state index in [4.69, 9.17) is 4.74 Å². The third kappa shape index (κ3) is 2.99. The minimum Gasteiger partial charge on any atom is -0.463 e. The van der Waals surface area contributed by atoms with E-state index in [0.717, 1.165) is 16.6 Å². The van der Waals surface area contributed by atoms with E-state index < -0.39 is 0 Å². The highest BCUT2D eigenvalue weighted by Gasteiger charge is 2.09. The molecule has 0 aliphatic heterocycles. The Kier molecular flexibility index (Phi) is 3.77. The molecule has 0 aliphatic carbocycles. The summed E-state index contributed by atoms with van der Waals surface area (Å²) in [6, 6.07) is 12.6. The molecule has 0 fully saturated rings. The van der Waals surface area contributed by atoms with Crippen LogP contribution in [0.1, 0.15) is 24.1 Å². The van der Waals surface area contributed by atoms with Gasteiger partial charge >= 0.3 is 6.01 Å². The van der Waals surface area contributed by atoms with E-state index in [1.165, 1.54) is 5.56 Å². The summed E-state index contributed by atoms with van der Waals surface area (Å²) in [6.07, 6.45) is 3.48. The number of hydrogen-bond acceptors (Lipinski definition) is 4. The van der Waals surface area contributed by atoms with Gasteiger partial charge in [-0.25, -0.2) is 0 Å². The minimum atomic E-state index is 0.291. The molecule has 2 heterocycles. The fourth-order valence-electron chi connectivity index (χ4n) is 2.25. The molecule has 3 rings (SSSR count). The maximum Gasteiger partial charge on any atom is 0.317 e. The molecule has 4 heteroatoms. The largest absolute Gasteiger partial charge is 0.463 e. The molecule has 3 aromatic rings. The number of fused-ring (bicyclic) bond motifs is 1. The maximum absolute atomic E-state index is 5.76. The summed E-state index contributed by atoms with van der Waals surface area (Å²) >= 11 is 0. The molecule has 0 saturated carbocycles. The van der Waals surface area contributed by atoms with Crippen molar-refractivity contribution in [3.05, 3.63) is 60.0 Å². The van der Waals surface area contributed by atoms with Crippen LogP contribution in [0.2, 0.25) is 0 Å². The standard InChI is InChI=1S/C17H17N3O/c1-12(14-6-4-3-5-7-14)11-21-17-19-13(2)15-8-9-18-10-16(15)20-17/h3-10,12H,11H2,1-2H3. The lowest BCUT2D eigenvalue weighted by Crippen LogP contribution is -2.09. The topological polar surface area (TPSA) is 47.9 Å². The predicted molar refractivity (Wildman–Crippen MR) is 82.4 cm³/mol. The second-order valence-electron chi connectivity index (χ2n) is 5.11. The third-order valence-corrected chi connectivity index (χ3v) is 3.50. The van der Waals surface area contributed by atoms with Crippen LogP contribution in [0.3, 0.4) is 0 Å². The number of pyridine rings is 1. The second-order valence-corrected chi connectivity index (χ2v) is 5.11. The molecule has 0 radical (unpaired) electrons. The van der Waals surface area contributed by atoms with Gasteiger partial charge in [-0.1, -0.05) is 37.3 Å². The molecule has 1 atom stereocenters. The summed E-state index contributed by atoms with van der Waals surface area (Å²) in [6.45, 7) is 4.64. The van der Waals surface area contributed by atoms with Gasteiger partial charge in [-0.2, -0.15) is 9.97 Å². The Morgan fingerprint density at radius 2 is 1.90 bits per heavy atom. The second kappa shape index (κ2) is 5.87. The highest BCUT2D eigenvalue weighted by molar-refractivity contribution is 5.79. The zero-order valence-corrected chi connectivity index (χ0v) is 12.2. The van der Waals surface area contributed by atoms with Gasteiger partial charge < -0.3 is 4.74 Å². The molecule has 0 bridgehead atoms. The Labute approximate surface area is 123 Å². The van der Waals surface area contributed by atoms with E-state index in [1.54, 1.807) is 12.4 Å². The number of ether oxygens (including phenoxy) is 1. The van der Waals surface area contributed by atoms with Gasteiger partial charge in [0, 0.05) is 17.5 Å². The van der Waals surface area contributed by atoms with Crippen LogP contribution in [0, 0.1) is 6.92 Å². The fraction of sp³-hybridized carbons (Fsp3) is 0.235. The van der Waals surface area contributed by atoms with E-state index in [1.807, 2.05) is 31.2 Å². The van der Waals surface area contributed by atoms with Crippen LogP contribution >= 0.6 is 0 Å². The molecule has 0 N–H and O–H groups in total. The molecule has 0 aliphatic rings. The normalized spacial score (nSPS) is 12.3. The van der Waals surface area contributed by atoms with Crippen LogP contribution in [-0.4, -0.2) is 21.6 Å². The van der Waals surface area contributed by atoms with Crippen LogP contribution in [0.25, 0.3) is 10.9 Å². The van der Waals surface area contributed by atoms with E-state index in [2.05, 4.69) is 34.0 Å². The van der Waals surface area contributed by atoms with Gasteiger partial charge in [-0.15, -0.1) is 0 Å². The lowest BCUT2D eigenvalue weighted by atomic mass is 10.0. The Morgan fingerprint density at radius 1 is 1.10 bits per heavy atom. The maximum atomic E-state index is 5.76. The predicted octanol–water partition coefficient (Wildman–Crippen LogP) is 3.52. The first-order valence-electron chi connectivity index (χ1n) is 7.00. The quantitative estimate of drug-likeness (QED) is 0.733. The number of rotatable bonds is 4. The van der Waals surface area contributed by atoms with Gasteiger partial charge in [-0.05, 0) is 18.6 Å². The Balaban J connectivity index is 1.76. The van der Waals surface area contributed by atoms with Gasteiger partial charge in [-0.3, -0.25) is 4.98 Å². The lowest BCUT2D eigenvalue weighted by Gasteiger charge is -2.13. The molecule has 21 heavy (non-hydrogen) atoms. The van der Waals surface area contributed by atoms with Gasteiger partial charge in [0.15, 0.2) is 0 Å². The number of nitrogens with zero attached hydrogens (tertiary/aromatic N) is 3. The van der Waals surface area contributed by atoms with Gasteiger partial charge in [0.1, 0.15) is 0 Å². The molecule has 2 aromatic heterocycles. The van der Waals surface area contributed by atoms with Crippen LogP contribution in [0.5, 0.6) is 6.01 Å². The monoisotopic (exact) mass is 279 g/mol. The summed E-state index contributed by atoms with van der Waals surface area (Å²) in [5.74, 6) is 0.291. The highest BCUT2D eigenvalue weighted by atomic mass is 16.5. The Morgan fingerprint density at radius 3 is 2.71 bits per heavy atom. The zero-order chi connectivity index (χ0) is 14.7. The molecular weight excluding hydrogens is 262 g/mol. The lowest BCUT2D eigenvalue weighted by molar-refractivity contribution is 0.273. The SMILES string of the molecule is Cc1nc(OCC(C)c2ccccc2)nc2cnccc12. The average Bonchev–Trinajstić information content (AvgIpc) is 2.53. The summed E-state index contributed by atoms with van der Waals surface area (Å²) in [5, 5.41) is 1.01. The van der Waals surface area contributed by atoms with Gasteiger partial charge in [0.25, 0.3) is 0 Å². The van der Waals surface area contributed by atoms with E-state index in [0.29, 0.717) is 18.5 Å². The van der Waals surface area contributed by atoms with E-state index >= 15 is 0 Å². The van der Waals surface area contributed by atoms with E-state index in [-0.39, 0.29) is 0 Å². The van der Waals surface area contributed by atoms with Crippen LogP contribution < -0.4 is 4.74 Å². The molecule has 0 amide bonds. The highest BCUT2D eigenvalue weighted by Crippen LogP contribution is 2.19. The first kappa shape index (κ1) is 13.5. The van der Waals surface area contributed by atoms with Crippen molar-refractivity contribution in [1.82, 2.24) is 15.0 Å². The number of aryl methyl sites for hydroxylation is 1. The van der Waals surface area contributed by atoms with Crippen molar-refractivity contribution in [2.75, 3.05) is 6.61 Å². The Hall–Kier alpha value is -2.49. The molecule has 106 valence electrons. The molecular formula is C17H17N3O. The van der Waals surface area contributed by atoms with Crippen LogP contribution in [0.15, 0.2) is 48.8 Å². The van der Waals surface area contributed by atoms with Gasteiger partial charge in [0.2, 0.25) is 0 Å². The molecule has 4 nitrogen and oxygen atoms in total. The van der Waals surface area contributed by atoms with E-state index in [9.17, 15) is 0 Å². The van der Waals surface area contributed by atoms with Crippen molar-refractivity contribution in [3.63, 3.8) is 0 Å². The van der Waals surface area contributed by atoms with Crippen LogP contribution in [-0.2, 0) is 0 Å².